The molecule has 1 aromatic heterocycles. The zero-order valence-corrected chi connectivity index (χ0v) is 13.9. The molecular weight excluding hydrogens is 308 g/mol. The van der Waals surface area contributed by atoms with Crippen LogP contribution in [0.5, 0.6) is 5.88 Å². The summed E-state index contributed by atoms with van der Waals surface area (Å²) in [6.07, 6.45) is 1.47. The van der Waals surface area contributed by atoms with E-state index in [-0.39, 0.29) is 0 Å². The highest BCUT2D eigenvalue weighted by atomic mass is 16.5. The number of carbonyl (C=O) groups is 2. The highest BCUT2D eigenvalue weighted by molar-refractivity contribution is 5.97. The van der Waals surface area contributed by atoms with Crippen LogP contribution in [0.25, 0.3) is 0 Å². The van der Waals surface area contributed by atoms with Gasteiger partial charge in [0.15, 0.2) is 0 Å². The molecule has 0 bridgehead atoms. The van der Waals surface area contributed by atoms with Gasteiger partial charge in [-0.3, -0.25) is 4.79 Å². The van der Waals surface area contributed by atoms with Gasteiger partial charge in [-0.05, 0) is 25.5 Å². The summed E-state index contributed by atoms with van der Waals surface area (Å²) in [5.41, 5.74) is -0.00385. The van der Waals surface area contributed by atoms with Crippen molar-refractivity contribution in [2.24, 2.45) is 0 Å². The first-order valence-corrected chi connectivity index (χ1v) is 7.46. The van der Waals surface area contributed by atoms with Crippen molar-refractivity contribution < 1.29 is 19.4 Å². The smallest absolute Gasteiger partial charge is 0.329 e. The Bertz CT molecular complexity index is 729. The Balaban J connectivity index is 2.12. The lowest BCUT2D eigenvalue weighted by Crippen LogP contribution is -2.50. The molecule has 0 unspecified atom stereocenters. The Hall–Kier alpha value is -2.89. The molecule has 1 heterocycles. The summed E-state index contributed by atoms with van der Waals surface area (Å²) >= 11 is 0. The molecule has 6 heteroatoms. The highest BCUT2D eigenvalue weighted by Crippen LogP contribution is 2.18. The number of carboxylic acids is 1. The van der Waals surface area contributed by atoms with Gasteiger partial charge in [0.2, 0.25) is 5.88 Å². The fourth-order valence-corrected chi connectivity index (χ4v) is 1.94. The molecule has 24 heavy (non-hydrogen) atoms. The lowest BCUT2D eigenvalue weighted by molar-refractivity contribution is -0.147. The van der Waals surface area contributed by atoms with Crippen LogP contribution in [0.2, 0.25) is 0 Å². The van der Waals surface area contributed by atoms with Gasteiger partial charge in [0.05, 0.1) is 0 Å². The number of amides is 1. The van der Waals surface area contributed by atoms with E-state index in [0.29, 0.717) is 18.1 Å². The number of carbonyl (C=O) groups excluding carboxylic acids is 1. The number of hydrogen-bond donors (Lipinski definition) is 1. The molecule has 2 aromatic rings. The minimum atomic E-state index is -1.31. The van der Waals surface area contributed by atoms with Crippen LogP contribution < -0.4 is 4.74 Å². The molecule has 0 spiro atoms. The molecule has 0 atom stereocenters. The third kappa shape index (κ3) is 3.90. The first-order valence-electron chi connectivity index (χ1n) is 7.46. The van der Waals surface area contributed by atoms with Crippen LogP contribution in [-0.4, -0.2) is 39.5 Å². The molecule has 0 aliphatic heterocycles. The molecular formula is C18H20N2O4. The summed E-state index contributed by atoms with van der Waals surface area (Å²) in [5, 5.41) is 9.24. The molecule has 2 rings (SSSR count). The summed E-state index contributed by atoms with van der Waals surface area (Å²) in [4.78, 5) is 29.1. The van der Waals surface area contributed by atoms with Crippen LogP contribution in [0.15, 0.2) is 48.7 Å². The van der Waals surface area contributed by atoms with Crippen molar-refractivity contribution in [3.8, 4) is 5.88 Å². The van der Waals surface area contributed by atoms with E-state index in [2.05, 4.69) is 4.98 Å². The minimum Gasteiger partial charge on any atom is -0.480 e. The number of nitrogens with zero attached hydrogens (tertiary/aromatic N) is 2. The number of rotatable bonds is 6. The Morgan fingerprint density at radius 3 is 2.50 bits per heavy atom. The SMILES string of the molecule is CN(C(=O)c1ccnc(OCc2ccccc2)c1)C(C)(C)C(=O)O. The van der Waals surface area contributed by atoms with Gasteiger partial charge < -0.3 is 14.7 Å². The van der Waals surface area contributed by atoms with E-state index < -0.39 is 17.4 Å². The number of carboxylic acid groups (broad SMARTS) is 1. The molecule has 6 nitrogen and oxygen atoms in total. The predicted octanol–water partition coefficient (Wildman–Crippen LogP) is 2.60. The number of ether oxygens (including phenoxy) is 1. The Labute approximate surface area is 140 Å². The quantitative estimate of drug-likeness (QED) is 0.881. The number of benzene rings is 1. The summed E-state index contributed by atoms with van der Waals surface area (Å²) in [5.74, 6) is -1.17. The van der Waals surface area contributed by atoms with Crippen molar-refractivity contribution in [1.82, 2.24) is 9.88 Å². The molecule has 126 valence electrons. The average molecular weight is 328 g/mol. The highest BCUT2D eigenvalue weighted by Gasteiger charge is 2.35. The van der Waals surface area contributed by atoms with Gasteiger partial charge in [0, 0.05) is 24.9 Å². The number of aliphatic carboxylic acids is 1. The lowest BCUT2D eigenvalue weighted by Gasteiger charge is -2.31. The second kappa shape index (κ2) is 7.12. The largest absolute Gasteiger partial charge is 0.480 e. The molecule has 0 fully saturated rings. The van der Waals surface area contributed by atoms with Crippen LogP contribution in [0.4, 0.5) is 0 Å². The van der Waals surface area contributed by atoms with Gasteiger partial charge in [-0.25, -0.2) is 9.78 Å². The second-order valence-corrected chi connectivity index (χ2v) is 5.89. The van der Waals surface area contributed by atoms with E-state index in [1.54, 1.807) is 0 Å². The van der Waals surface area contributed by atoms with E-state index >= 15 is 0 Å². The first kappa shape index (κ1) is 17.5. The summed E-state index contributed by atoms with van der Waals surface area (Å²) in [6.45, 7) is 3.28. The monoisotopic (exact) mass is 328 g/mol. The number of hydrogen-bond acceptors (Lipinski definition) is 4. The first-order chi connectivity index (χ1) is 11.3. The third-order valence-corrected chi connectivity index (χ3v) is 3.88. The average Bonchev–Trinajstić information content (AvgIpc) is 2.59. The Morgan fingerprint density at radius 1 is 1.21 bits per heavy atom. The molecule has 0 radical (unpaired) electrons. The van der Waals surface area contributed by atoms with E-state index in [1.807, 2.05) is 30.3 Å². The molecule has 0 saturated carbocycles. The number of pyridine rings is 1. The fourth-order valence-electron chi connectivity index (χ4n) is 1.94. The van der Waals surface area contributed by atoms with Gasteiger partial charge in [-0.15, -0.1) is 0 Å². The number of likely N-dealkylation sites (N-methyl/N-ethyl adjacent to an activating group) is 1. The lowest BCUT2D eigenvalue weighted by atomic mass is 10.0. The summed E-state index contributed by atoms with van der Waals surface area (Å²) in [7, 11) is 1.46. The predicted molar refractivity (Wildman–Crippen MR) is 88.8 cm³/mol. The number of aromatic nitrogens is 1. The molecule has 0 aliphatic carbocycles. The molecule has 1 N–H and O–H groups in total. The minimum absolute atomic E-state index is 0.311. The van der Waals surface area contributed by atoms with Crippen molar-refractivity contribution in [3.05, 3.63) is 59.8 Å². The maximum Gasteiger partial charge on any atom is 0.329 e. The van der Waals surface area contributed by atoms with Crippen molar-refractivity contribution in [3.63, 3.8) is 0 Å². The Kier molecular flexibility index (Phi) is 5.18. The standard InChI is InChI=1S/C18H20N2O4/c1-18(2,17(22)23)20(3)16(21)14-9-10-19-15(11-14)24-12-13-7-5-4-6-8-13/h4-11H,12H2,1-3H3,(H,22,23). The van der Waals surface area contributed by atoms with E-state index in [1.165, 1.54) is 44.1 Å². The third-order valence-electron chi connectivity index (χ3n) is 3.88. The maximum absolute atomic E-state index is 12.5. The van der Waals surface area contributed by atoms with Gasteiger partial charge in [0.1, 0.15) is 12.1 Å². The van der Waals surface area contributed by atoms with E-state index in [9.17, 15) is 14.7 Å². The van der Waals surface area contributed by atoms with Crippen molar-refractivity contribution in [2.45, 2.75) is 26.0 Å². The second-order valence-electron chi connectivity index (χ2n) is 5.89. The molecule has 0 aliphatic rings. The van der Waals surface area contributed by atoms with Crippen molar-refractivity contribution >= 4 is 11.9 Å². The van der Waals surface area contributed by atoms with Gasteiger partial charge in [-0.1, -0.05) is 30.3 Å². The molecule has 1 aromatic carbocycles. The van der Waals surface area contributed by atoms with Gasteiger partial charge >= 0.3 is 5.97 Å². The maximum atomic E-state index is 12.5. The van der Waals surface area contributed by atoms with E-state index in [4.69, 9.17) is 4.74 Å². The Morgan fingerprint density at radius 2 is 1.88 bits per heavy atom. The van der Waals surface area contributed by atoms with Gasteiger partial charge in [0.25, 0.3) is 5.91 Å². The van der Waals surface area contributed by atoms with Crippen LogP contribution in [0.1, 0.15) is 29.8 Å². The zero-order valence-electron chi connectivity index (χ0n) is 13.9. The fraction of sp³-hybridized carbons (Fsp3) is 0.278. The van der Waals surface area contributed by atoms with Crippen LogP contribution in [0, 0.1) is 0 Å². The summed E-state index contributed by atoms with van der Waals surface area (Å²) < 4.78 is 5.60. The zero-order chi connectivity index (χ0) is 17.7. The molecule has 0 saturated heterocycles. The van der Waals surface area contributed by atoms with E-state index in [0.717, 1.165) is 5.56 Å². The van der Waals surface area contributed by atoms with Crippen LogP contribution in [-0.2, 0) is 11.4 Å². The van der Waals surface area contributed by atoms with Crippen molar-refractivity contribution in [2.75, 3.05) is 7.05 Å². The van der Waals surface area contributed by atoms with Gasteiger partial charge in [-0.2, -0.15) is 0 Å². The van der Waals surface area contributed by atoms with Crippen LogP contribution >= 0.6 is 0 Å². The van der Waals surface area contributed by atoms with Crippen molar-refractivity contribution in [1.29, 1.82) is 0 Å². The van der Waals surface area contributed by atoms with Crippen LogP contribution in [0.3, 0.4) is 0 Å². The molecule has 1 amide bonds. The topological polar surface area (TPSA) is 79.7 Å². The normalized spacial score (nSPS) is 11.0. The summed E-state index contributed by atoms with van der Waals surface area (Å²) in [6, 6.07) is 12.6.